The van der Waals surface area contributed by atoms with Gasteiger partial charge in [-0.2, -0.15) is 0 Å². The van der Waals surface area contributed by atoms with E-state index in [1.807, 2.05) is 91.0 Å². The second-order valence-electron chi connectivity index (χ2n) is 5.57. The van der Waals surface area contributed by atoms with Crippen molar-refractivity contribution in [2.75, 3.05) is 7.11 Å². The molecule has 1 unspecified atom stereocenters. The molecule has 0 amide bonds. The Morgan fingerprint density at radius 2 is 1.04 bits per heavy atom. The first-order chi connectivity index (χ1) is 12.1. The van der Waals surface area contributed by atoms with Crippen LogP contribution < -0.4 is 0 Å². The van der Waals surface area contributed by atoms with Crippen LogP contribution in [0.2, 0.25) is 0 Å². The third-order valence-corrected chi connectivity index (χ3v) is 6.15. The van der Waals surface area contributed by atoms with E-state index in [0.29, 0.717) is 16.7 Å². The molecule has 0 saturated heterocycles. The number of hydrogen-bond donors (Lipinski definition) is 1. The highest BCUT2D eigenvalue weighted by molar-refractivity contribution is 7.54. The van der Waals surface area contributed by atoms with Gasteiger partial charge in [-0.3, -0.25) is 4.57 Å². The van der Waals surface area contributed by atoms with Gasteiger partial charge in [-0.25, -0.2) is 4.89 Å². The zero-order valence-corrected chi connectivity index (χ0v) is 14.7. The van der Waals surface area contributed by atoms with Crippen molar-refractivity contribution in [2.24, 2.45) is 0 Å². The fourth-order valence-electron chi connectivity index (χ4n) is 3.18. The zero-order valence-electron chi connectivity index (χ0n) is 13.8. The minimum Gasteiger partial charge on any atom is -0.322 e. The topological polar surface area (TPSA) is 55.8 Å². The third-order valence-electron chi connectivity index (χ3n) is 4.17. The van der Waals surface area contributed by atoms with Crippen LogP contribution in [0, 0.1) is 0 Å². The van der Waals surface area contributed by atoms with E-state index in [2.05, 4.69) is 4.89 Å². The van der Waals surface area contributed by atoms with E-state index < -0.39 is 12.8 Å². The largest absolute Gasteiger partial charge is 0.374 e. The van der Waals surface area contributed by atoms with E-state index in [-0.39, 0.29) is 0 Å². The lowest BCUT2D eigenvalue weighted by molar-refractivity contribution is -0.187. The Balaban J connectivity index is 2.43. The Morgan fingerprint density at radius 1 is 0.720 bits per heavy atom. The molecule has 0 fully saturated rings. The van der Waals surface area contributed by atoms with Gasteiger partial charge < -0.3 is 4.89 Å². The third kappa shape index (κ3) is 3.06. The molecule has 4 nitrogen and oxygen atoms in total. The maximum absolute atomic E-state index is 13.4. The second kappa shape index (κ2) is 7.34. The van der Waals surface area contributed by atoms with Gasteiger partial charge >= 0.3 is 7.60 Å². The summed E-state index contributed by atoms with van der Waals surface area (Å²) in [6.07, 6.45) is 0. The molecule has 3 aromatic carbocycles. The Bertz CT molecular complexity index is 754. The van der Waals surface area contributed by atoms with Crippen molar-refractivity contribution >= 4 is 7.60 Å². The van der Waals surface area contributed by atoms with Gasteiger partial charge in [0.25, 0.3) is 0 Å². The van der Waals surface area contributed by atoms with Crippen LogP contribution >= 0.6 is 7.60 Å². The molecule has 0 aliphatic rings. The van der Waals surface area contributed by atoms with Crippen LogP contribution in [0.25, 0.3) is 0 Å². The minimum atomic E-state index is -4.32. The van der Waals surface area contributed by atoms with E-state index in [1.165, 1.54) is 7.11 Å². The van der Waals surface area contributed by atoms with Gasteiger partial charge in [0.1, 0.15) is 5.16 Å². The van der Waals surface area contributed by atoms with Crippen molar-refractivity contribution in [3.63, 3.8) is 0 Å². The molecule has 0 heterocycles. The second-order valence-corrected chi connectivity index (χ2v) is 7.43. The van der Waals surface area contributed by atoms with Crippen LogP contribution in [0.4, 0.5) is 0 Å². The van der Waals surface area contributed by atoms with Gasteiger partial charge in [-0.1, -0.05) is 91.0 Å². The quantitative estimate of drug-likeness (QED) is 0.301. The average Bonchev–Trinajstić information content (AvgIpc) is 2.65. The smallest absolute Gasteiger partial charge is 0.322 e. The average molecular weight is 354 g/mol. The zero-order chi connectivity index (χ0) is 17.8. The summed E-state index contributed by atoms with van der Waals surface area (Å²) in [5.41, 5.74) is 1.95. The van der Waals surface area contributed by atoms with Gasteiger partial charge in [-0.15, -0.1) is 4.67 Å². The fourth-order valence-corrected chi connectivity index (χ4v) is 4.92. The molecule has 5 heteroatoms. The lowest BCUT2D eigenvalue weighted by Crippen LogP contribution is -2.30. The molecule has 0 saturated carbocycles. The molecular weight excluding hydrogens is 335 g/mol. The summed E-state index contributed by atoms with van der Waals surface area (Å²) in [5.74, 6) is 0. The highest BCUT2D eigenvalue weighted by Gasteiger charge is 2.54. The van der Waals surface area contributed by atoms with E-state index in [9.17, 15) is 9.46 Å². The molecule has 1 atom stereocenters. The fraction of sp³-hybridized carbons (Fsp3) is 0.100. The molecule has 0 radical (unpaired) electrons. The SMILES string of the molecule is COOP(=O)(O)C(c1ccccc1)(c1ccccc1)c1ccccc1. The molecule has 0 aliphatic carbocycles. The summed E-state index contributed by atoms with van der Waals surface area (Å²) in [6, 6.07) is 27.5. The number of hydrogen-bond acceptors (Lipinski definition) is 3. The maximum atomic E-state index is 13.4. The van der Waals surface area contributed by atoms with Crippen molar-refractivity contribution in [3.05, 3.63) is 108 Å². The molecule has 0 aliphatic heterocycles. The maximum Gasteiger partial charge on any atom is 0.374 e. The molecule has 3 aromatic rings. The molecule has 0 bridgehead atoms. The normalized spacial score (nSPS) is 14.0. The van der Waals surface area contributed by atoms with Crippen molar-refractivity contribution in [2.45, 2.75) is 5.16 Å². The van der Waals surface area contributed by atoms with Gasteiger partial charge in [0.15, 0.2) is 0 Å². The highest BCUT2D eigenvalue weighted by atomic mass is 31.2. The van der Waals surface area contributed by atoms with Gasteiger partial charge in [0.2, 0.25) is 0 Å². The van der Waals surface area contributed by atoms with E-state index >= 15 is 0 Å². The van der Waals surface area contributed by atoms with Crippen molar-refractivity contribution < 1.29 is 19.0 Å². The Kier molecular flexibility index (Phi) is 5.16. The molecule has 1 N–H and O–H groups in total. The van der Waals surface area contributed by atoms with Crippen molar-refractivity contribution in [1.29, 1.82) is 0 Å². The summed E-state index contributed by atoms with van der Waals surface area (Å²) in [6.45, 7) is 0. The van der Waals surface area contributed by atoms with Gasteiger partial charge in [0.05, 0.1) is 7.11 Å². The highest BCUT2D eigenvalue weighted by Crippen LogP contribution is 2.67. The first-order valence-corrected chi connectivity index (χ1v) is 9.42. The summed E-state index contributed by atoms with van der Waals surface area (Å²) in [7, 11) is -3.09. The minimum absolute atomic E-state index is 0.648. The number of benzene rings is 3. The molecular formula is C20H19O4P. The summed E-state index contributed by atoms with van der Waals surface area (Å²) in [4.78, 5) is 15.7. The molecule has 128 valence electrons. The first-order valence-electron chi connectivity index (χ1n) is 7.85. The molecule has 0 aromatic heterocycles. The Labute approximate surface area is 147 Å². The lowest BCUT2D eigenvalue weighted by atomic mass is 9.84. The first kappa shape index (κ1) is 17.6. The Hall–Kier alpha value is -2.23. The van der Waals surface area contributed by atoms with E-state index in [1.54, 1.807) is 0 Å². The summed E-state index contributed by atoms with van der Waals surface area (Å²) in [5, 5.41) is -1.41. The van der Waals surface area contributed by atoms with Gasteiger partial charge in [-0.05, 0) is 16.7 Å². The molecule has 25 heavy (non-hydrogen) atoms. The van der Waals surface area contributed by atoms with Crippen molar-refractivity contribution in [3.8, 4) is 0 Å². The number of rotatable bonds is 6. The van der Waals surface area contributed by atoms with Crippen LogP contribution in [0.5, 0.6) is 0 Å². The summed E-state index contributed by atoms with van der Waals surface area (Å²) >= 11 is 0. The van der Waals surface area contributed by atoms with Crippen LogP contribution in [-0.2, 0) is 19.3 Å². The predicted octanol–water partition coefficient (Wildman–Crippen LogP) is 4.74. The summed E-state index contributed by atoms with van der Waals surface area (Å²) < 4.78 is 18.4. The Morgan fingerprint density at radius 3 is 1.32 bits per heavy atom. The standard InChI is InChI=1S/C20H19O4P/c1-23-24-25(21,22)20(17-11-5-2-6-12-17,18-13-7-3-8-14-18)19-15-9-4-10-16-19/h2-16H,1H3,(H,21,22). The van der Waals surface area contributed by atoms with E-state index in [0.717, 1.165) is 0 Å². The lowest BCUT2D eigenvalue weighted by Gasteiger charge is -2.37. The van der Waals surface area contributed by atoms with Crippen LogP contribution in [0.3, 0.4) is 0 Å². The monoisotopic (exact) mass is 354 g/mol. The molecule has 0 spiro atoms. The van der Waals surface area contributed by atoms with Crippen molar-refractivity contribution in [1.82, 2.24) is 0 Å². The van der Waals surface area contributed by atoms with Crippen LogP contribution in [0.15, 0.2) is 91.0 Å². The van der Waals surface area contributed by atoms with Crippen LogP contribution in [0.1, 0.15) is 16.7 Å². The van der Waals surface area contributed by atoms with Crippen LogP contribution in [-0.4, -0.2) is 12.0 Å². The van der Waals surface area contributed by atoms with E-state index in [4.69, 9.17) is 4.67 Å². The van der Waals surface area contributed by atoms with Gasteiger partial charge in [0, 0.05) is 0 Å². The molecule has 3 rings (SSSR count). The predicted molar refractivity (Wildman–Crippen MR) is 97.1 cm³/mol.